The van der Waals surface area contributed by atoms with Crippen molar-refractivity contribution < 1.29 is 24.0 Å². The maximum atomic E-state index is 15.3. The molecule has 182 valence electrons. The van der Waals surface area contributed by atoms with E-state index in [-0.39, 0.29) is 40.1 Å². The van der Waals surface area contributed by atoms with Crippen LogP contribution in [-0.2, 0) is 4.79 Å². The fourth-order valence-corrected chi connectivity index (χ4v) is 5.28. The fourth-order valence-electron chi connectivity index (χ4n) is 4.86. The lowest BCUT2D eigenvalue weighted by Crippen LogP contribution is -2.58. The zero-order chi connectivity index (χ0) is 24.9. The smallest absolute Gasteiger partial charge is 0.341 e. The van der Waals surface area contributed by atoms with Gasteiger partial charge in [0, 0.05) is 37.0 Å². The third kappa shape index (κ3) is 3.81. The van der Waals surface area contributed by atoms with E-state index in [1.807, 2.05) is 4.90 Å². The van der Waals surface area contributed by atoms with Gasteiger partial charge in [0.25, 0.3) is 5.69 Å². The summed E-state index contributed by atoms with van der Waals surface area (Å²) in [6.07, 6.45) is 4.38. The number of benzene rings is 2. The first-order valence-electron chi connectivity index (χ1n) is 11.3. The van der Waals surface area contributed by atoms with Gasteiger partial charge in [-0.2, -0.15) is 0 Å². The second-order valence-electron chi connectivity index (χ2n) is 9.04. The summed E-state index contributed by atoms with van der Waals surface area (Å²) in [5, 5.41) is 21.7. The molecule has 11 heteroatoms. The highest BCUT2D eigenvalue weighted by Crippen LogP contribution is 2.49. The maximum absolute atomic E-state index is 15.3. The van der Waals surface area contributed by atoms with E-state index >= 15 is 4.39 Å². The molecule has 2 fully saturated rings. The molecule has 0 spiro atoms. The molecule has 5 rings (SSSR count). The topological polar surface area (TPSA) is 116 Å². The quantitative estimate of drug-likeness (QED) is 0.275. The monoisotopic (exact) mass is 500 g/mol. The van der Waals surface area contributed by atoms with E-state index in [0.29, 0.717) is 18.8 Å². The Kier molecular flexibility index (Phi) is 5.71. The van der Waals surface area contributed by atoms with Gasteiger partial charge >= 0.3 is 5.97 Å². The van der Waals surface area contributed by atoms with Gasteiger partial charge in [-0.25, -0.2) is 9.18 Å². The first kappa shape index (κ1) is 23.2. The van der Waals surface area contributed by atoms with Crippen LogP contribution >= 0.6 is 11.6 Å². The molecule has 0 radical (unpaired) electrons. The standard InChI is InChI=1S/C24H22ClFN4O5/c25-19-20-16(11-17(26)21(19)28-9-3-4-10-28)22(31)24(23(32)33,13-29(20)15-7-8-15)27-12-14-5-1-2-6-18(14)30(34)35/h1-2,5-6,11-12,15H,3-4,7-10,13H2,(H,32,33). The van der Waals surface area contributed by atoms with Gasteiger partial charge in [0.15, 0.2) is 0 Å². The Balaban J connectivity index is 1.65. The molecule has 2 aromatic carbocycles. The van der Waals surface area contributed by atoms with E-state index in [4.69, 9.17) is 11.6 Å². The number of aliphatic imine (C=N–C) groups is 1. The Hall–Kier alpha value is -3.53. The number of nitro groups is 1. The number of carbonyl (C=O) groups excluding carboxylic acids is 1. The summed E-state index contributed by atoms with van der Waals surface area (Å²) in [5.74, 6) is -3.11. The van der Waals surface area contributed by atoms with E-state index in [1.165, 1.54) is 18.2 Å². The SMILES string of the molecule is O=C(O)C1(N=Cc2ccccc2[N+](=O)[O-])CN(C2CC2)c2c(cc(F)c(N3CCCC3)c2Cl)C1=O. The van der Waals surface area contributed by atoms with E-state index in [2.05, 4.69) is 4.99 Å². The molecule has 9 nitrogen and oxygen atoms in total. The van der Waals surface area contributed by atoms with Crippen LogP contribution in [0.15, 0.2) is 35.3 Å². The summed E-state index contributed by atoms with van der Waals surface area (Å²) in [6, 6.07) is 6.70. The lowest BCUT2D eigenvalue weighted by atomic mass is 9.83. The van der Waals surface area contributed by atoms with Crippen molar-refractivity contribution >= 4 is 46.6 Å². The number of ketones is 1. The number of hydrogen-bond acceptors (Lipinski definition) is 7. The Labute approximate surface area is 205 Å². The molecule has 1 N–H and O–H groups in total. The van der Waals surface area contributed by atoms with Gasteiger partial charge in [0.05, 0.1) is 33.4 Å². The van der Waals surface area contributed by atoms with Crippen LogP contribution in [-0.4, -0.2) is 59.2 Å². The van der Waals surface area contributed by atoms with Gasteiger partial charge in [-0.15, -0.1) is 0 Å². The summed E-state index contributed by atoms with van der Waals surface area (Å²) in [7, 11) is 0. The number of anilines is 2. The fraction of sp³-hybridized carbons (Fsp3) is 0.375. The van der Waals surface area contributed by atoms with Crippen molar-refractivity contribution in [2.75, 3.05) is 29.4 Å². The van der Waals surface area contributed by atoms with Crippen molar-refractivity contribution in [2.45, 2.75) is 37.3 Å². The molecule has 0 aromatic heterocycles. The summed E-state index contributed by atoms with van der Waals surface area (Å²) >= 11 is 6.71. The van der Waals surface area contributed by atoms with E-state index in [1.54, 1.807) is 11.0 Å². The highest BCUT2D eigenvalue weighted by Gasteiger charge is 2.55. The van der Waals surface area contributed by atoms with E-state index < -0.39 is 28.0 Å². The number of carbonyl (C=O) groups is 2. The molecule has 0 bridgehead atoms. The number of nitrogens with zero attached hydrogens (tertiary/aromatic N) is 4. The van der Waals surface area contributed by atoms with Gasteiger partial charge in [0.2, 0.25) is 11.3 Å². The first-order valence-corrected chi connectivity index (χ1v) is 11.7. The molecule has 2 heterocycles. The minimum Gasteiger partial charge on any atom is -0.479 e. The van der Waals surface area contributed by atoms with Crippen molar-refractivity contribution in [2.24, 2.45) is 4.99 Å². The number of Topliss-reactive ketones (excluding diaryl/α,β-unsaturated/α-hetero) is 1. The average Bonchev–Trinajstić information content (AvgIpc) is 3.54. The van der Waals surface area contributed by atoms with E-state index in [0.717, 1.165) is 38.0 Å². The third-order valence-corrected chi connectivity index (χ3v) is 7.15. The second kappa shape index (κ2) is 8.60. The molecule has 2 aliphatic heterocycles. The Morgan fingerprint density at radius 1 is 1.26 bits per heavy atom. The number of carboxylic acid groups (broad SMARTS) is 1. The van der Waals surface area contributed by atoms with Crippen LogP contribution in [0.2, 0.25) is 5.02 Å². The number of nitro benzene ring substituents is 1. The van der Waals surface area contributed by atoms with Crippen molar-refractivity contribution in [1.29, 1.82) is 0 Å². The van der Waals surface area contributed by atoms with Crippen molar-refractivity contribution in [3.05, 3.63) is 62.4 Å². The van der Waals surface area contributed by atoms with Gasteiger partial charge < -0.3 is 14.9 Å². The number of fused-ring (bicyclic) bond motifs is 1. The van der Waals surface area contributed by atoms with Crippen molar-refractivity contribution in [3.63, 3.8) is 0 Å². The first-order chi connectivity index (χ1) is 16.7. The lowest BCUT2D eigenvalue weighted by Gasteiger charge is -2.40. The number of hydrogen-bond donors (Lipinski definition) is 1. The predicted octanol–water partition coefficient (Wildman–Crippen LogP) is 4.10. The molecule has 1 unspecified atom stereocenters. The Morgan fingerprint density at radius 3 is 2.57 bits per heavy atom. The Morgan fingerprint density at radius 2 is 1.94 bits per heavy atom. The number of carboxylic acids is 1. The molecule has 1 saturated heterocycles. The molecule has 3 aliphatic rings. The largest absolute Gasteiger partial charge is 0.479 e. The van der Waals surface area contributed by atoms with Crippen LogP contribution < -0.4 is 9.80 Å². The number of aliphatic carboxylic acids is 1. The van der Waals surface area contributed by atoms with Crippen LogP contribution in [0.4, 0.5) is 21.5 Å². The number of halogens is 2. The van der Waals surface area contributed by atoms with Crippen molar-refractivity contribution in [3.8, 4) is 0 Å². The predicted molar refractivity (Wildman–Crippen MR) is 129 cm³/mol. The molecular formula is C24H22ClFN4O5. The van der Waals surface area contributed by atoms with Crippen LogP contribution in [0.3, 0.4) is 0 Å². The minimum absolute atomic E-state index is 0.0586. The number of rotatable bonds is 6. The molecule has 0 amide bonds. The van der Waals surface area contributed by atoms with Gasteiger partial charge in [-0.1, -0.05) is 23.7 Å². The second-order valence-corrected chi connectivity index (χ2v) is 9.42. The minimum atomic E-state index is -2.30. The summed E-state index contributed by atoms with van der Waals surface area (Å²) < 4.78 is 15.3. The Bertz CT molecular complexity index is 1270. The van der Waals surface area contributed by atoms with Gasteiger partial charge in [-0.3, -0.25) is 19.9 Å². The zero-order valence-electron chi connectivity index (χ0n) is 18.6. The molecule has 2 aromatic rings. The maximum Gasteiger partial charge on any atom is 0.341 e. The summed E-state index contributed by atoms with van der Waals surface area (Å²) in [6.45, 7) is 0.985. The van der Waals surface area contributed by atoms with Crippen LogP contribution in [0.1, 0.15) is 41.6 Å². The van der Waals surface area contributed by atoms with Gasteiger partial charge in [-0.05, 0) is 37.8 Å². The summed E-state index contributed by atoms with van der Waals surface area (Å²) in [4.78, 5) is 44.7. The number of para-hydroxylation sites is 1. The van der Waals surface area contributed by atoms with E-state index in [9.17, 15) is 24.8 Å². The van der Waals surface area contributed by atoms with Crippen LogP contribution in [0.25, 0.3) is 0 Å². The highest BCUT2D eigenvalue weighted by atomic mass is 35.5. The normalized spacial score (nSPS) is 22.1. The summed E-state index contributed by atoms with van der Waals surface area (Å²) in [5.41, 5.74) is -2.10. The molecule has 35 heavy (non-hydrogen) atoms. The van der Waals surface area contributed by atoms with Crippen LogP contribution in [0, 0.1) is 15.9 Å². The van der Waals surface area contributed by atoms with Gasteiger partial charge in [0.1, 0.15) is 5.82 Å². The van der Waals surface area contributed by atoms with Crippen LogP contribution in [0.5, 0.6) is 0 Å². The highest BCUT2D eigenvalue weighted by molar-refractivity contribution is 6.38. The lowest BCUT2D eigenvalue weighted by molar-refractivity contribution is -0.385. The van der Waals surface area contributed by atoms with Crippen molar-refractivity contribution in [1.82, 2.24) is 0 Å². The zero-order valence-corrected chi connectivity index (χ0v) is 19.4. The molecular weight excluding hydrogens is 479 g/mol. The molecule has 1 aliphatic carbocycles. The molecule has 1 atom stereocenters. The third-order valence-electron chi connectivity index (χ3n) is 6.80. The molecule has 1 saturated carbocycles. The average molecular weight is 501 g/mol.